The standard InChI is InChI=1S/C7H11BrF2O2/c1-6(2,8)5(11)12-4-7(3,9)10/h4H2,1-3H3. The van der Waals surface area contributed by atoms with Gasteiger partial charge in [0.05, 0.1) is 0 Å². The fourth-order valence-corrected chi connectivity index (χ4v) is 0.478. The van der Waals surface area contributed by atoms with E-state index in [0.717, 1.165) is 0 Å². The maximum absolute atomic E-state index is 12.2. The third kappa shape index (κ3) is 5.46. The lowest BCUT2D eigenvalue weighted by molar-refractivity contribution is -0.155. The van der Waals surface area contributed by atoms with Gasteiger partial charge in [-0.25, -0.2) is 8.78 Å². The number of carbonyl (C=O) groups is 1. The van der Waals surface area contributed by atoms with Crippen molar-refractivity contribution >= 4 is 21.9 Å². The van der Waals surface area contributed by atoms with E-state index in [2.05, 4.69) is 20.7 Å². The molecule has 0 bridgehead atoms. The summed E-state index contributed by atoms with van der Waals surface area (Å²) < 4.78 is 27.8. The molecule has 12 heavy (non-hydrogen) atoms. The van der Waals surface area contributed by atoms with Crippen LogP contribution in [0.25, 0.3) is 0 Å². The van der Waals surface area contributed by atoms with E-state index in [1.54, 1.807) is 0 Å². The molecule has 0 aliphatic heterocycles. The summed E-state index contributed by atoms with van der Waals surface area (Å²) in [6, 6.07) is 0. The Morgan fingerprint density at radius 2 is 1.83 bits per heavy atom. The summed E-state index contributed by atoms with van der Waals surface area (Å²) >= 11 is 2.99. The SMILES string of the molecule is CC(F)(F)COC(=O)C(C)(C)Br. The van der Waals surface area contributed by atoms with Gasteiger partial charge in [0, 0.05) is 6.92 Å². The number of esters is 1. The second-order valence-corrected chi connectivity index (χ2v) is 5.10. The van der Waals surface area contributed by atoms with E-state index in [1.165, 1.54) is 13.8 Å². The number of ether oxygens (including phenoxy) is 1. The lowest BCUT2D eigenvalue weighted by Crippen LogP contribution is -2.31. The van der Waals surface area contributed by atoms with Gasteiger partial charge in [-0.15, -0.1) is 0 Å². The molecule has 0 aliphatic carbocycles. The zero-order valence-corrected chi connectivity index (χ0v) is 8.74. The number of carbonyl (C=O) groups excluding carboxylic acids is 1. The quantitative estimate of drug-likeness (QED) is 0.563. The Hall–Kier alpha value is -0.190. The molecule has 0 atom stereocenters. The average molecular weight is 245 g/mol. The fraction of sp³-hybridized carbons (Fsp3) is 0.857. The molecular formula is C7H11BrF2O2. The van der Waals surface area contributed by atoms with Gasteiger partial charge in [-0.3, -0.25) is 4.79 Å². The molecule has 0 amide bonds. The van der Waals surface area contributed by atoms with Gasteiger partial charge in [0.2, 0.25) is 0 Å². The van der Waals surface area contributed by atoms with Gasteiger partial charge >= 0.3 is 5.97 Å². The van der Waals surface area contributed by atoms with Crippen LogP contribution in [0, 0.1) is 0 Å². The van der Waals surface area contributed by atoms with Crippen LogP contribution in [0.4, 0.5) is 8.78 Å². The first-order valence-corrected chi connectivity index (χ1v) is 4.16. The topological polar surface area (TPSA) is 26.3 Å². The van der Waals surface area contributed by atoms with Crippen LogP contribution >= 0.6 is 15.9 Å². The normalized spacial score (nSPS) is 12.8. The molecule has 0 saturated heterocycles. The molecule has 2 nitrogen and oxygen atoms in total. The van der Waals surface area contributed by atoms with Gasteiger partial charge in [-0.2, -0.15) is 0 Å². The van der Waals surface area contributed by atoms with Crippen LogP contribution in [0.3, 0.4) is 0 Å². The summed E-state index contributed by atoms with van der Waals surface area (Å²) in [6.45, 7) is 2.88. The van der Waals surface area contributed by atoms with E-state index in [1.807, 2.05) is 0 Å². The Kier molecular flexibility index (Phi) is 3.62. The molecule has 0 radical (unpaired) electrons. The highest BCUT2D eigenvalue weighted by atomic mass is 79.9. The van der Waals surface area contributed by atoms with Gasteiger partial charge in [0.1, 0.15) is 4.32 Å². The number of rotatable bonds is 3. The molecule has 0 rings (SSSR count). The first-order valence-electron chi connectivity index (χ1n) is 3.37. The van der Waals surface area contributed by atoms with E-state index in [-0.39, 0.29) is 0 Å². The first-order chi connectivity index (χ1) is 5.13. The third-order valence-electron chi connectivity index (χ3n) is 0.942. The van der Waals surface area contributed by atoms with E-state index in [9.17, 15) is 13.6 Å². The van der Waals surface area contributed by atoms with Crippen LogP contribution in [-0.2, 0) is 9.53 Å². The fourth-order valence-electron chi connectivity index (χ4n) is 0.364. The zero-order valence-electron chi connectivity index (χ0n) is 7.16. The van der Waals surface area contributed by atoms with Crippen LogP contribution in [0.1, 0.15) is 20.8 Å². The highest BCUT2D eigenvalue weighted by Crippen LogP contribution is 2.19. The molecule has 0 aromatic carbocycles. The molecule has 0 aromatic heterocycles. The van der Waals surface area contributed by atoms with Gasteiger partial charge in [0.15, 0.2) is 6.61 Å². The summed E-state index contributed by atoms with van der Waals surface area (Å²) in [7, 11) is 0. The first kappa shape index (κ1) is 11.8. The van der Waals surface area contributed by atoms with Crippen LogP contribution in [0.15, 0.2) is 0 Å². The molecule has 0 aliphatic rings. The minimum absolute atomic E-state index is 0.691. The van der Waals surface area contributed by atoms with Crippen molar-refractivity contribution in [3.63, 3.8) is 0 Å². The van der Waals surface area contributed by atoms with Crippen LogP contribution < -0.4 is 0 Å². The third-order valence-corrected chi connectivity index (χ3v) is 1.27. The molecule has 0 heterocycles. The minimum atomic E-state index is -2.96. The van der Waals surface area contributed by atoms with Crippen molar-refractivity contribution in [1.29, 1.82) is 0 Å². The maximum Gasteiger partial charge on any atom is 0.322 e. The van der Waals surface area contributed by atoms with Crippen molar-refractivity contribution in [1.82, 2.24) is 0 Å². The Morgan fingerprint density at radius 1 is 1.42 bits per heavy atom. The van der Waals surface area contributed by atoms with E-state index < -0.39 is 22.8 Å². The monoisotopic (exact) mass is 244 g/mol. The predicted molar refractivity (Wildman–Crippen MR) is 44.6 cm³/mol. The predicted octanol–water partition coefficient (Wildman–Crippen LogP) is 2.36. The summed E-state index contributed by atoms with van der Waals surface area (Å²) in [5, 5.41) is 0. The van der Waals surface area contributed by atoms with Crippen LogP contribution in [0.5, 0.6) is 0 Å². The van der Waals surface area contributed by atoms with E-state index >= 15 is 0 Å². The molecule has 5 heteroatoms. The van der Waals surface area contributed by atoms with Gasteiger partial charge < -0.3 is 4.74 Å². The summed E-state index contributed by atoms with van der Waals surface area (Å²) in [6.07, 6.45) is 0. The Bertz CT molecular complexity index is 169. The van der Waals surface area contributed by atoms with Crippen LogP contribution in [0.2, 0.25) is 0 Å². The van der Waals surface area contributed by atoms with Crippen molar-refractivity contribution in [2.75, 3.05) is 6.61 Å². The second kappa shape index (κ2) is 3.68. The van der Waals surface area contributed by atoms with Gasteiger partial charge in [-0.05, 0) is 13.8 Å². The molecular weight excluding hydrogens is 234 g/mol. The number of halogens is 3. The molecule has 0 N–H and O–H groups in total. The van der Waals surface area contributed by atoms with Crippen LogP contribution in [-0.4, -0.2) is 22.8 Å². The van der Waals surface area contributed by atoms with Crippen molar-refractivity contribution in [2.45, 2.75) is 31.0 Å². The Balaban J connectivity index is 3.90. The number of alkyl halides is 3. The molecule has 72 valence electrons. The number of hydrogen-bond acceptors (Lipinski definition) is 2. The highest BCUT2D eigenvalue weighted by molar-refractivity contribution is 9.10. The summed E-state index contributed by atoms with van der Waals surface area (Å²) in [5.74, 6) is -3.66. The lowest BCUT2D eigenvalue weighted by Gasteiger charge is -2.17. The maximum atomic E-state index is 12.2. The van der Waals surface area contributed by atoms with Crippen molar-refractivity contribution < 1.29 is 18.3 Å². The van der Waals surface area contributed by atoms with E-state index in [0.29, 0.717) is 6.92 Å². The Labute approximate surface area is 78.4 Å². The lowest BCUT2D eigenvalue weighted by atomic mass is 10.2. The summed E-state index contributed by atoms with van der Waals surface area (Å²) in [4.78, 5) is 10.9. The molecule has 0 unspecified atom stereocenters. The Morgan fingerprint density at radius 3 is 2.08 bits per heavy atom. The van der Waals surface area contributed by atoms with Crippen molar-refractivity contribution in [3.05, 3.63) is 0 Å². The molecule has 0 spiro atoms. The van der Waals surface area contributed by atoms with Gasteiger partial charge in [0.25, 0.3) is 5.92 Å². The molecule has 0 saturated carbocycles. The largest absolute Gasteiger partial charge is 0.458 e. The zero-order chi connectivity index (χ0) is 9.99. The smallest absolute Gasteiger partial charge is 0.322 e. The second-order valence-electron chi connectivity index (χ2n) is 3.12. The average Bonchev–Trinajstić information content (AvgIpc) is 1.78. The molecule has 0 aromatic rings. The van der Waals surface area contributed by atoms with Crippen molar-refractivity contribution in [3.8, 4) is 0 Å². The summed E-state index contributed by atoms with van der Waals surface area (Å²) in [5.41, 5.74) is 0. The highest BCUT2D eigenvalue weighted by Gasteiger charge is 2.30. The van der Waals surface area contributed by atoms with E-state index in [4.69, 9.17) is 0 Å². The molecule has 0 fully saturated rings. The number of hydrogen-bond donors (Lipinski definition) is 0. The minimum Gasteiger partial charge on any atom is -0.458 e. The van der Waals surface area contributed by atoms with Gasteiger partial charge in [-0.1, -0.05) is 15.9 Å². The van der Waals surface area contributed by atoms with Crippen molar-refractivity contribution in [2.24, 2.45) is 0 Å².